The first kappa shape index (κ1) is 17.2. The summed E-state index contributed by atoms with van der Waals surface area (Å²) in [4.78, 5) is 3.87. The lowest BCUT2D eigenvalue weighted by Crippen LogP contribution is -2.35. The molecule has 1 aromatic carbocycles. The molecular formula is C16H24N4O3. The van der Waals surface area contributed by atoms with E-state index in [-0.39, 0.29) is 6.04 Å². The van der Waals surface area contributed by atoms with Crippen LogP contribution in [0.3, 0.4) is 0 Å². The zero-order valence-electron chi connectivity index (χ0n) is 13.6. The largest absolute Gasteiger partial charge is 0.493 e. The maximum absolute atomic E-state index is 9.69. The van der Waals surface area contributed by atoms with Gasteiger partial charge in [0, 0.05) is 12.5 Å². The first-order valence-electron chi connectivity index (χ1n) is 7.75. The smallest absolute Gasteiger partial charge is 0.137 e. The maximum Gasteiger partial charge on any atom is 0.137 e. The van der Waals surface area contributed by atoms with Gasteiger partial charge in [0.25, 0.3) is 0 Å². The molecule has 0 spiro atoms. The third-order valence-corrected chi connectivity index (χ3v) is 3.07. The van der Waals surface area contributed by atoms with E-state index in [1.165, 1.54) is 6.33 Å². The monoisotopic (exact) mass is 320 g/mol. The predicted octanol–water partition coefficient (Wildman–Crippen LogP) is 1.44. The number of rotatable bonds is 10. The standard InChI is InChI=1S/C16H24N4O3/c1-13(2)19-16(21)7-9-22-14-3-5-15(6-4-14)23-10-8-20-12-17-11-18-20/h3-6,11-13,16,19,21H,7-10H2,1-2H3. The van der Waals surface area contributed by atoms with Gasteiger partial charge in [-0.1, -0.05) is 0 Å². The van der Waals surface area contributed by atoms with Crippen LogP contribution in [-0.2, 0) is 6.54 Å². The Bertz CT molecular complexity index is 543. The van der Waals surface area contributed by atoms with E-state index in [4.69, 9.17) is 9.47 Å². The van der Waals surface area contributed by atoms with Gasteiger partial charge in [-0.3, -0.25) is 5.32 Å². The van der Waals surface area contributed by atoms with E-state index in [9.17, 15) is 5.11 Å². The minimum Gasteiger partial charge on any atom is -0.493 e. The third-order valence-electron chi connectivity index (χ3n) is 3.07. The predicted molar refractivity (Wildman–Crippen MR) is 86.3 cm³/mol. The molecule has 2 N–H and O–H groups in total. The first-order chi connectivity index (χ1) is 11.1. The van der Waals surface area contributed by atoms with Gasteiger partial charge in [0.15, 0.2) is 0 Å². The lowest BCUT2D eigenvalue weighted by atomic mass is 10.3. The molecule has 1 aromatic heterocycles. The van der Waals surface area contributed by atoms with E-state index < -0.39 is 6.23 Å². The summed E-state index contributed by atoms with van der Waals surface area (Å²) >= 11 is 0. The molecule has 1 heterocycles. The molecule has 0 amide bonds. The van der Waals surface area contributed by atoms with Crippen molar-refractivity contribution >= 4 is 0 Å². The van der Waals surface area contributed by atoms with E-state index in [0.29, 0.717) is 26.2 Å². The van der Waals surface area contributed by atoms with Crippen molar-refractivity contribution in [1.29, 1.82) is 0 Å². The van der Waals surface area contributed by atoms with E-state index >= 15 is 0 Å². The number of hydrogen-bond acceptors (Lipinski definition) is 6. The highest BCUT2D eigenvalue weighted by Gasteiger charge is 2.05. The molecule has 0 radical (unpaired) electrons. The lowest BCUT2D eigenvalue weighted by molar-refractivity contribution is 0.0995. The van der Waals surface area contributed by atoms with Crippen molar-refractivity contribution in [3.8, 4) is 11.5 Å². The van der Waals surface area contributed by atoms with Gasteiger partial charge >= 0.3 is 0 Å². The number of benzene rings is 1. The quantitative estimate of drug-likeness (QED) is 0.645. The molecule has 2 aromatic rings. The first-order valence-corrected chi connectivity index (χ1v) is 7.75. The highest BCUT2D eigenvalue weighted by Crippen LogP contribution is 2.17. The molecule has 126 valence electrons. The summed E-state index contributed by atoms with van der Waals surface area (Å²) in [6, 6.07) is 7.68. The maximum atomic E-state index is 9.69. The minimum atomic E-state index is -0.547. The molecule has 0 saturated heterocycles. The number of aliphatic hydroxyl groups excluding tert-OH is 1. The summed E-state index contributed by atoms with van der Waals surface area (Å²) in [6.07, 6.45) is 3.14. The molecule has 2 rings (SSSR count). The molecular weight excluding hydrogens is 296 g/mol. The van der Waals surface area contributed by atoms with Crippen LogP contribution < -0.4 is 14.8 Å². The molecule has 1 unspecified atom stereocenters. The Morgan fingerprint density at radius 2 is 1.78 bits per heavy atom. The molecule has 0 bridgehead atoms. The second-order valence-electron chi connectivity index (χ2n) is 5.45. The summed E-state index contributed by atoms with van der Waals surface area (Å²) in [6.45, 7) is 5.61. The summed E-state index contributed by atoms with van der Waals surface area (Å²) in [5.41, 5.74) is 0. The molecule has 23 heavy (non-hydrogen) atoms. The summed E-state index contributed by atoms with van der Waals surface area (Å²) in [7, 11) is 0. The van der Waals surface area contributed by atoms with Crippen molar-refractivity contribution in [3.63, 3.8) is 0 Å². The molecule has 1 atom stereocenters. The number of nitrogens with zero attached hydrogens (tertiary/aromatic N) is 3. The fourth-order valence-electron chi connectivity index (χ4n) is 1.99. The highest BCUT2D eigenvalue weighted by molar-refractivity contribution is 5.31. The summed E-state index contributed by atoms with van der Waals surface area (Å²) in [5.74, 6) is 1.53. The number of aliphatic hydroxyl groups is 1. The van der Waals surface area contributed by atoms with E-state index in [0.717, 1.165) is 11.5 Å². The van der Waals surface area contributed by atoms with Crippen molar-refractivity contribution in [3.05, 3.63) is 36.9 Å². The fourth-order valence-corrected chi connectivity index (χ4v) is 1.99. The van der Waals surface area contributed by atoms with Crippen LogP contribution >= 0.6 is 0 Å². The van der Waals surface area contributed by atoms with Crippen LogP contribution in [0.2, 0.25) is 0 Å². The van der Waals surface area contributed by atoms with Gasteiger partial charge in [-0.25, -0.2) is 9.67 Å². The zero-order valence-corrected chi connectivity index (χ0v) is 13.6. The third kappa shape index (κ3) is 6.66. The highest BCUT2D eigenvalue weighted by atomic mass is 16.5. The van der Waals surface area contributed by atoms with Crippen molar-refractivity contribution in [2.75, 3.05) is 13.2 Å². The lowest BCUT2D eigenvalue weighted by Gasteiger charge is -2.16. The second-order valence-corrected chi connectivity index (χ2v) is 5.45. The average Bonchev–Trinajstić information content (AvgIpc) is 3.01. The van der Waals surface area contributed by atoms with Crippen molar-refractivity contribution in [2.45, 2.75) is 39.1 Å². The molecule has 0 aliphatic carbocycles. The van der Waals surface area contributed by atoms with Crippen LogP contribution in [0, 0.1) is 0 Å². The van der Waals surface area contributed by atoms with Crippen molar-refractivity contribution < 1.29 is 14.6 Å². The molecule has 7 nitrogen and oxygen atoms in total. The van der Waals surface area contributed by atoms with E-state index in [1.54, 1.807) is 11.0 Å². The second kappa shape index (κ2) is 9.12. The van der Waals surface area contributed by atoms with Gasteiger partial charge in [-0.2, -0.15) is 5.10 Å². The Labute approximate surface area is 136 Å². The van der Waals surface area contributed by atoms with Gasteiger partial charge < -0.3 is 14.6 Å². The molecule has 7 heteroatoms. The summed E-state index contributed by atoms with van der Waals surface area (Å²) < 4.78 is 12.9. The normalized spacial score (nSPS) is 12.3. The van der Waals surface area contributed by atoms with Crippen LogP contribution in [0.15, 0.2) is 36.9 Å². The van der Waals surface area contributed by atoms with Gasteiger partial charge in [-0.05, 0) is 38.1 Å². The van der Waals surface area contributed by atoms with E-state index in [2.05, 4.69) is 15.4 Å². The van der Waals surface area contributed by atoms with Crippen molar-refractivity contribution in [1.82, 2.24) is 20.1 Å². The Morgan fingerprint density at radius 1 is 1.13 bits per heavy atom. The molecule has 0 aliphatic rings. The zero-order chi connectivity index (χ0) is 16.5. The van der Waals surface area contributed by atoms with Crippen LogP contribution in [0.25, 0.3) is 0 Å². The number of ether oxygens (including phenoxy) is 2. The SMILES string of the molecule is CC(C)NC(O)CCOc1ccc(OCCn2cncn2)cc1. The van der Waals surface area contributed by atoms with Crippen LogP contribution in [0.1, 0.15) is 20.3 Å². The topological polar surface area (TPSA) is 81.4 Å². The number of aromatic nitrogens is 3. The fraction of sp³-hybridized carbons (Fsp3) is 0.500. The Kier molecular flexibility index (Phi) is 6.83. The average molecular weight is 320 g/mol. The van der Waals surface area contributed by atoms with Crippen LogP contribution in [0.5, 0.6) is 11.5 Å². The molecule has 0 fully saturated rings. The van der Waals surface area contributed by atoms with Gasteiger partial charge in [-0.15, -0.1) is 0 Å². The Hall–Kier alpha value is -2.12. The minimum absolute atomic E-state index is 0.249. The number of nitrogens with one attached hydrogen (secondary N) is 1. The van der Waals surface area contributed by atoms with E-state index in [1.807, 2.05) is 38.1 Å². The molecule has 0 aliphatic heterocycles. The number of hydrogen-bond donors (Lipinski definition) is 2. The van der Waals surface area contributed by atoms with Crippen molar-refractivity contribution in [2.24, 2.45) is 0 Å². The van der Waals surface area contributed by atoms with Crippen LogP contribution in [0.4, 0.5) is 0 Å². The summed E-state index contributed by atoms with van der Waals surface area (Å²) in [5, 5.41) is 16.7. The van der Waals surface area contributed by atoms with Gasteiger partial charge in [0.1, 0.15) is 37.0 Å². The van der Waals surface area contributed by atoms with Gasteiger partial charge in [0.2, 0.25) is 0 Å². The van der Waals surface area contributed by atoms with Gasteiger partial charge in [0.05, 0.1) is 13.2 Å². The Balaban J connectivity index is 1.65. The molecule has 0 saturated carbocycles. The van der Waals surface area contributed by atoms with Crippen LogP contribution in [-0.4, -0.2) is 45.4 Å². The Morgan fingerprint density at radius 3 is 2.35 bits per heavy atom.